The molecule has 110 valence electrons. The number of hydrogen-bond acceptors (Lipinski definition) is 4. The number of aromatic hydroxyl groups is 1. The summed E-state index contributed by atoms with van der Waals surface area (Å²) in [4.78, 5) is 16.7. The maximum absolute atomic E-state index is 12.7. The van der Waals surface area contributed by atoms with Crippen LogP contribution in [-0.2, 0) is 4.79 Å². The van der Waals surface area contributed by atoms with Crippen molar-refractivity contribution in [2.45, 2.75) is 6.92 Å². The van der Waals surface area contributed by atoms with Gasteiger partial charge in [-0.25, -0.2) is 0 Å². The molecule has 1 aromatic rings. The van der Waals surface area contributed by atoms with Crippen molar-refractivity contribution >= 4 is 11.6 Å². The average molecular weight is 277 g/mol. The zero-order valence-corrected chi connectivity index (χ0v) is 12.2. The number of phenols is 1. The van der Waals surface area contributed by atoms with Crippen LogP contribution in [0.1, 0.15) is 6.92 Å². The number of amides is 1. The molecule has 1 aromatic carbocycles. The molecule has 2 N–H and O–H groups in total. The molecule has 0 aliphatic carbocycles. The first kappa shape index (κ1) is 14.8. The van der Waals surface area contributed by atoms with Crippen LogP contribution in [0.2, 0.25) is 0 Å². The van der Waals surface area contributed by atoms with E-state index in [1.165, 1.54) is 0 Å². The van der Waals surface area contributed by atoms with Gasteiger partial charge in [0.05, 0.1) is 5.92 Å². The number of nitrogens with zero attached hydrogens (tertiary/aromatic N) is 2. The van der Waals surface area contributed by atoms with Crippen LogP contribution in [-0.4, -0.2) is 55.7 Å². The molecule has 0 radical (unpaired) electrons. The van der Waals surface area contributed by atoms with Crippen molar-refractivity contribution < 1.29 is 9.90 Å². The van der Waals surface area contributed by atoms with Crippen LogP contribution in [0.15, 0.2) is 24.3 Å². The summed E-state index contributed by atoms with van der Waals surface area (Å²) in [7, 11) is 2.04. The predicted molar refractivity (Wildman–Crippen MR) is 80.0 cm³/mol. The maximum atomic E-state index is 12.7. The quantitative estimate of drug-likeness (QED) is 0.858. The number of nitrogens with one attached hydrogen (secondary N) is 1. The number of hydrogen-bond donors (Lipinski definition) is 2. The lowest BCUT2D eigenvalue weighted by molar-refractivity contribution is -0.122. The van der Waals surface area contributed by atoms with Crippen molar-refractivity contribution in [3.8, 4) is 5.75 Å². The van der Waals surface area contributed by atoms with E-state index in [1.807, 2.05) is 20.0 Å². The van der Waals surface area contributed by atoms with Crippen LogP contribution in [0, 0.1) is 5.92 Å². The largest absolute Gasteiger partial charge is 0.508 e. The summed E-state index contributed by atoms with van der Waals surface area (Å²) in [5.74, 6) is 0.266. The topological polar surface area (TPSA) is 55.8 Å². The van der Waals surface area contributed by atoms with Crippen molar-refractivity contribution in [1.29, 1.82) is 0 Å². The monoisotopic (exact) mass is 277 g/mol. The van der Waals surface area contributed by atoms with Gasteiger partial charge in [0.1, 0.15) is 5.75 Å². The smallest absolute Gasteiger partial charge is 0.232 e. The first-order valence-corrected chi connectivity index (χ1v) is 7.11. The third-order valence-corrected chi connectivity index (χ3v) is 3.63. The highest BCUT2D eigenvalue weighted by atomic mass is 16.3. The van der Waals surface area contributed by atoms with Gasteiger partial charge in [-0.15, -0.1) is 0 Å². The van der Waals surface area contributed by atoms with E-state index < -0.39 is 0 Å². The molecule has 0 spiro atoms. The molecular formula is C15H23N3O2. The van der Waals surface area contributed by atoms with E-state index in [4.69, 9.17) is 0 Å². The van der Waals surface area contributed by atoms with Gasteiger partial charge in [-0.1, -0.05) is 13.0 Å². The number of likely N-dealkylation sites (N-methyl/N-ethyl adjacent to an activating group) is 1. The second-order valence-electron chi connectivity index (χ2n) is 5.28. The average Bonchev–Trinajstić information content (AvgIpc) is 2.56. The fourth-order valence-corrected chi connectivity index (χ4v) is 2.53. The maximum Gasteiger partial charge on any atom is 0.232 e. The third kappa shape index (κ3) is 3.49. The SMILES string of the molecule is CCNCC1CN(C)CCN(c2cccc(O)c2)C1=O. The lowest BCUT2D eigenvalue weighted by Gasteiger charge is -2.24. The second-order valence-corrected chi connectivity index (χ2v) is 5.28. The Morgan fingerprint density at radius 1 is 1.40 bits per heavy atom. The first-order valence-electron chi connectivity index (χ1n) is 7.11. The highest BCUT2D eigenvalue weighted by Crippen LogP contribution is 2.23. The Balaban J connectivity index is 2.20. The molecule has 0 aromatic heterocycles. The predicted octanol–water partition coefficient (Wildman–Crippen LogP) is 0.896. The number of anilines is 1. The van der Waals surface area contributed by atoms with Crippen molar-refractivity contribution in [3.05, 3.63) is 24.3 Å². The number of carbonyl (C=O) groups excluding carboxylic acids is 1. The zero-order chi connectivity index (χ0) is 14.5. The van der Waals surface area contributed by atoms with Crippen LogP contribution >= 0.6 is 0 Å². The molecule has 1 atom stereocenters. The molecule has 1 heterocycles. The minimum atomic E-state index is -0.0511. The van der Waals surface area contributed by atoms with Gasteiger partial charge in [0.15, 0.2) is 0 Å². The van der Waals surface area contributed by atoms with E-state index in [1.54, 1.807) is 23.1 Å². The van der Waals surface area contributed by atoms with E-state index in [0.29, 0.717) is 13.1 Å². The van der Waals surface area contributed by atoms with Crippen molar-refractivity contribution in [1.82, 2.24) is 10.2 Å². The molecule has 1 fully saturated rings. The number of benzene rings is 1. The normalized spacial score (nSPS) is 21.0. The van der Waals surface area contributed by atoms with E-state index in [9.17, 15) is 9.90 Å². The minimum absolute atomic E-state index is 0.0511. The molecule has 1 amide bonds. The molecule has 1 aliphatic rings. The van der Waals surface area contributed by atoms with Gasteiger partial charge in [0, 0.05) is 37.9 Å². The number of rotatable bonds is 4. The molecule has 1 saturated heterocycles. The Morgan fingerprint density at radius 2 is 2.20 bits per heavy atom. The van der Waals surface area contributed by atoms with E-state index in [0.717, 1.165) is 25.3 Å². The van der Waals surface area contributed by atoms with Gasteiger partial charge in [0.25, 0.3) is 0 Å². The Morgan fingerprint density at radius 3 is 2.90 bits per heavy atom. The van der Waals surface area contributed by atoms with Crippen LogP contribution < -0.4 is 10.2 Å². The van der Waals surface area contributed by atoms with Gasteiger partial charge in [-0.05, 0) is 25.7 Å². The number of carbonyl (C=O) groups is 1. The molecule has 2 rings (SSSR count). The minimum Gasteiger partial charge on any atom is -0.508 e. The number of phenolic OH excluding ortho intramolecular Hbond substituents is 1. The lowest BCUT2D eigenvalue weighted by atomic mass is 10.1. The van der Waals surface area contributed by atoms with Crippen molar-refractivity contribution in [2.24, 2.45) is 5.92 Å². The summed E-state index contributed by atoms with van der Waals surface area (Å²) in [6, 6.07) is 6.90. The summed E-state index contributed by atoms with van der Waals surface area (Å²) in [5.41, 5.74) is 0.770. The fraction of sp³-hybridized carbons (Fsp3) is 0.533. The van der Waals surface area contributed by atoms with Crippen LogP contribution in [0.25, 0.3) is 0 Å². The van der Waals surface area contributed by atoms with Gasteiger partial charge >= 0.3 is 0 Å². The summed E-state index contributed by atoms with van der Waals surface area (Å²) < 4.78 is 0. The second kappa shape index (κ2) is 6.72. The molecule has 1 aliphatic heterocycles. The highest BCUT2D eigenvalue weighted by molar-refractivity contribution is 5.95. The Kier molecular flexibility index (Phi) is 4.98. The molecule has 20 heavy (non-hydrogen) atoms. The molecular weight excluding hydrogens is 254 g/mol. The van der Waals surface area contributed by atoms with Gasteiger partial charge in [0.2, 0.25) is 5.91 Å². The van der Waals surface area contributed by atoms with Crippen LogP contribution in [0.5, 0.6) is 5.75 Å². The van der Waals surface area contributed by atoms with Crippen LogP contribution in [0.3, 0.4) is 0 Å². The standard InChI is InChI=1S/C15H23N3O2/c1-3-16-10-12-11-17(2)7-8-18(15(12)20)13-5-4-6-14(19)9-13/h4-6,9,12,16,19H,3,7-8,10-11H2,1-2H3. The first-order chi connectivity index (χ1) is 9.61. The Labute approximate surface area is 120 Å². The molecule has 0 bridgehead atoms. The van der Waals surface area contributed by atoms with Gasteiger partial charge < -0.3 is 20.2 Å². The van der Waals surface area contributed by atoms with Crippen LogP contribution in [0.4, 0.5) is 5.69 Å². The van der Waals surface area contributed by atoms with Gasteiger partial charge in [-0.3, -0.25) is 4.79 Å². The molecule has 1 unspecified atom stereocenters. The zero-order valence-electron chi connectivity index (χ0n) is 12.2. The van der Waals surface area contributed by atoms with Crippen molar-refractivity contribution in [2.75, 3.05) is 44.7 Å². The summed E-state index contributed by atoms with van der Waals surface area (Å²) in [6.45, 7) is 5.85. The molecule has 5 nitrogen and oxygen atoms in total. The van der Waals surface area contributed by atoms with E-state index in [-0.39, 0.29) is 17.6 Å². The highest BCUT2D eigenvalue weighted by Gasteiger charge is 2.29. The Bertz CT molecular complexity index is 464. The van der Waals surface area contributed by atoms with E-state index >= 15 is 0 Å². The molecule has 0 saturated carbocycles. The molecule has 5 heteroatoms. The summed E-state index contributed by atoms with van der Waals surface area (Å²) in [6.07, 6.45) is 0. The van der Waals surface area contributed by atoms with Gasteiger partial charge in [-0.2, -0.15) is 0 Å². The third-order valence-electron chi connectivity index (χ3n) is 3.63. The van der Waals surface area contributed by atoms with Crippen molar-refractivity contribution in [3.63, 3.8) is 0 Å². The Hall–Kier alpha value is -1.59. The summed E-state index contributed by atoms with van der Waals surface area (Å²) in [5, 5.41) is 12.9. The summed E-state index contributed by atoms with van der Waals surface area (Å²) >= 11 is 0. The fourth-order valence-electron chi connectivity index (χ4n) is 2.53. The van der Waals surface area contributed by atoms with E-state index in [2.05, 4.69) is 10.2 Å². The lowest BCUT2D eigenvalue weighted by Crippen LogP contribution is -2.41.